The number of thiophene rings is 1. The molecule has 132 valence electrons. The van der Waals surface area contributed by atoms with Gasteiger partial charge in [0.05, 0.1) is 5.56 Å². The number of hydrogen-bond acceptors (Lipinski definition) is 6. The lowest BCUT2D eigenvalue weighted by atomic mass is 10.2. The predicted molar refractivity (Wildman–Crippen MR) is 96.0 cm³/mol. The van der Waals surface area contributed by atoms with Crippen molar-refractivity contribution in [2.24, 2.45) is 0 Å². The first-order valence-electron chi connectivity index (χ1n) is 7.44. The van der Waals surface area contributed by atoms with Gasteiger partial charge in [-0.3, -0.25) is 25.2 Å². The SMILES string of the molecule is CC(=O)NNC(=O)c1ccsc1NC(=O)c1cc2ccccc2oc1=O. The Kier molecular flexibility index (Phi) is 4.81. The summed E-state index contributed by atoms with van der Waals surface area (Å²) < 4.78 is 5.14. The van der Waals surface area contributed by atoms with Crippen LogP contribution >= 0.6 is 11.3 Å². The van der Waals surface area contributed by atoms with Crippen molar-refractivity contribution >= 4 is 45.0 Å². The van der Waals surface area contributed by atoms with E-state index in [1.807, 2.05) is 0 Å². The summed E-state index contributed by atoms with van der Waals surface area (Å²) in [5.41, 5.74) is 3.95. The van der Waals surface area contributed by atoms with Crippen molar-refractivity contribution in [2.75, 3.05) is 5.32 Å². The second kappa shape index (κ2) is 7.19. The number of anilines is 1. The number of benzene rings is 1. The van der Waals surface area contributed by atoms with Gasteiger partial charge in [0, 0.05) is 12.3 Å². The lowest BCUT2D eigenvalue weighted by molar-refractivity contribution is -0.119. The summed E-state index contributed by atoms with van der Waals surface area (Å²) in [5, 5.41) is 4.97. The number of nitrogens with one attached hydrogen (secondary N) is 3. The Morgan fingerprint density at radius 2 is 1.77 bits per heavy atom. The van der Waals surface area contributed by atoms with Crippen LogP contribution in [0.25, 0.3) is 11.0 Å². The summed E-state index contributed by atoms with van der Waals surface area (Å²) in [4.78, 5) is 47.4. The van der Waals surface area contributed by atoms with Crippen molar-refractivity contribution in [1.29, 1.82) is 0 Å². The number of rotatable bonds is 3. The van der Waals surface area contributed by atoms with Crippen molar-refractivity contribution in [3.05, 3.63) is 63.3 Å². The largest absolute Gasteiger partial charge is 0.422 e. The number of hydrazine groups is 1. The van der Waals surface area contributed by atoms with Crippen molar-refractivity contribution < 1.29 is 18.8 Å². The molecule has 1 aromatic carbocycles. The molecule has 8 nitrogen and oxygen atoms in total. The van der Waals surface area contributed by atoms with Crippen LogP contribution in [0, 0.1) is 0 Å². The van der Waals surface area contributed by atoms with Gasteiger partial charge in [-0.2, -0.15) is 0 Å². The third kappa shape index (κ3) is 3.62. The Morgan fingerprint density at radius 3 is 2.54 bits per heavy atom. The second-order valence-corrected chi connectivity index (χ2v) is 6.15. The standard InChI is InChI=1S/C17H13N3O5S/c1-9(21)19-20-15(23)11-6-7-26-16(11)18-14(22)12-8-10-4-2-3-5-13(10)25-17(12)24/h2-8H,1H3,(H,18,22)(H,19,21)(H,20,23). The quantitative estimate of drug-likeness (QED) is 0.480. The molecule has 0 aliphatic heterocycles. The minimum absolute atomic E-state index is 0.155. The van der Waals surface area contributed by atoms with Gasteiger partial charge < -0.3 is 9.73 Å². The molecule has 0 spiro atoms. The highest BCUT2D eigenvalue weighted by Crippen LogP contribution is 2.24. The maximum atomic E-state index is 12.5. The molecule has 0 bridgehead atoms. The van der Waals surface area contributed by atoms with E-state index < -0.39 is 23.3 Å². The van der Waals surface area contributed by atoms with E-state index >= 15 is 0 Å². The van der Waals surface area contributed by atoms with E-state index in [2.05, 4.69) is 16.2 Å². The molecule has 2 aromatic heterocycles. The van der Waals surface area contributed by atoms with Crippen LogP contribution in [0.15, 0.2) is 51.0 Å². The van der Waals surface area contributed by atoms with Crippen LogP contribution < -0.4 is 21.8 Å². The highest BCUT2D eigenvalue weighted by atomic mass is 32.1. The van der Waals surface area contributed by atoms with E-state index in [1.54, 1.807) is 29.6 Å². The van der Waals surface area contributed by atoms with Crippen molar-refractivity contribution in [1.82, 2.24) is 10.9 Å². The number of hydrogen-bond donors (Lipinski definition) is 3. The van der Waals surface area contributed by atoms with Gasteiger partial charge in [0.15, 0.2) is 0 Å². The van der Waals surface area contributed by atoms with Crippen LogP contribution in [-0.4, -0.2) is 17.7 Å². The van der Waals surface area contributed by atoms with Crippen molar-refractivity contribution in [2.45, 2.75) is 6.92 Å². The molecule has 0 radical (unpaired) electrons. The van der Waals surface area contributed by atoms with Gasteiger partial charge in [0.2, 0.25) is 5.91 Å². The molecule has 0 unspecified atom stereocenters. The van der Waals surface area contributed by atoms with Gasteiger partial charge in [-0.15, -0.1) is 11.3 Å². The molecule has 0 aliphatic carbocycles. The van der Waals surface area contributed by atoms with E-state index in [-0.39, 0.29) is 16.1 Å². The normalized spacial score (nSPS) is 10.3. The predicted octanol–water partition coefficient (Wildman–Crippen LogP) is 1.89. The van der Waals surface area contributed by atoms with Crippen LogP contribution in [0.2, 0.25) is 0 Å². The minimum Gasteiger partial charge on any atom is -0.422 e. The fraction of sp³-hybridized carbons (Fsp3) is 0.0588. The molecule has 0 saturated carbocycles. The summed E-state index contributed by atoms with van der Waals surface area (Å²) in [5.74, 6) is -1.73. The molecule has 3 amide bonds. The van der Waals surface area contributed by atoms with Crippen LogP contribution in [-0.2, 0) is 4.79 Å². The summed E-state index contributed by atoms with van der Waals surface area (Å²) in [7, 11) is 0. The Hall–Kier alpha value is -3.46. The summed E-state index contributed by atoms with van der Waals surface area (Å²) in [6.07, 6.45) is 0. The zero-order valence-electron chi connectivity index (χ0n) is 13.5. The Morgan fingerprint density at radius 1 is 1.00 bits per heavy atom. The molecule has 3 aromatic rings. The number of fused-ring (bicyclic) bond motifs is 1. The van der Waals surface area contributed by atoms with E-state index in [0.29, 0.717) is 11.0 Å². The fourth-order valence-electron chi connectivity index (χ4n) is 2.19. The molecule has 0 atom stereocenters. The Labute approximate surface area is 150 Å². The number of carbonyl (C=O) groups excluding carboxylic acids is 3. The third-order valence-corrected chi connectivity index (χ3v) is 4.20. The highest BCUT2D eigenvalue weighted by molar-refractivity contribution is 7.14. The average Bonchev–Trinajstić information content (AvgIpc) is 3.07. The second-order valence-electron chi connectivity index (χ2n) is 5.24. The fourth-order valence-corrected chi connectivity index (χ4v) is 2.97. The van der Waals surface area contributed by atoms with Crippen LogP contribution in [0.5, 0.6) is 0 Å². The highest BCUT2D eigenvalue weighted by Gasteiger charge is 2.19. The van der Waals surface area contributed by atoms with Crippen LogP contribution in [0.3, 0.4) is 0 Å². The monoisotopic (exact) mass is 371 g/mol. The smallest absolute Gasteiger partial charge is 0.349 e. The topological polar surface area (TPSA) is 118 Å². The Balaban J connectivity index is 1.84. The van der Waals surface area contributed by atoms with Crippen LogP contribution in [0.1, 0.15) is 27.6 Å². The van der Waals surface area contributed by atoms with E-state index in [4.69, 9.17) is 4.42 Å². The molecular weight excluding hydrogens is 358 g/mol. The first-order chi connectivity index (χ1) is 12.5. The zero-order chi connectivity index (χ0) is 18.7. The summed E-state index contributed by atoms with van der Waals surface area (Å²) in [6.45, 7) is 1.25. The van der Waals surface area contributed by atoms with E-state index in [0.717, 1.165) is 11.3 Å². The van der Waals surface area contributed by atoms with Gasteiger partial charge in [-0.25, -0.2) is 4.79 Å². The molecule has 0 aliphatic rings. The number of carbonyl (C=O) groups is 3. The average molecular weight is 371 g/mol. The molecule has 0 fully saturated rings. The lowest BCUT2D eigenvalue weighted by Gasteiger charge is -2.07. The molecule has 3 rings (SSSR count). The third-order valence-electron chi connectivity index (χ3n) is 3.38. The maximum Gasteiger partial charge on any atom is 0.349 e. The van der Waals surface area contributed by atoms with Gasteiger partial charge in [-0.05, 0) is 23.6 Å². The van der Waals surface area contributed by atoms with E-state index in [9.17, 15) is 19.2 Å². The number of para-hydroxylation sites is 1. The molecule has 2 heterocycles. The lowest BCUT2D eigenvalue weighted by Crippen LogP contribution is -2.40. The molecule has 3 N–H and O–H groups in total. The minimum atomic E-state index is -0.776. The molecule has 0 saturated heterocycles. The summed E-state index contributed by atoms with van der Waals surface area (Å²) in [6, 6.07) is 9.74. The van der Waals surface area contributed by atoms with Crippen LogP contribution in [0.4, 0.5) is 5.00 Å². The maximum absolute atomic E-state index is 12.5. The molecular formula is C17H13N3O5S. The number of amides is 3. The summed E-state index contributed by atoms with van der Waals surface area (Å²) >= 11 is 1.11. The van der Waals surface area contributed by atoms with Gasteiger partial charge in [-0.1, -0.05) is 18.2 Å². The first kappa shape index (κ1) is 17.4. The molecule has 9 heteroatoms. The van der Waals surface area contributed by atoms with Gasteiger partial charge in [0.25, 0.3) is 11.8 Å². The van der Waals surface area contributed by atoms with Gasteiger partial charge >= 0.3 is 5.63 Å². The van der Waals surface area contributed by atoms with Gasteiger partial charge in [0.1, 0.15) is 16.1 Å². The Bertz CT molecular complexity index is 1070. The first-order valence-corrected chi connectivity index (χ1v) is 8.32. The van der Waals surface area contributed by atoms with Crippen molar-refractivity contribution in [3.8, 4) is 0 Å². The van der Waals surface area contributed by atoms with E-state index in [1.165, 1.54) is 19.1 Å². The molecule has 26 heavy (non-hydrogen) atoms. The zero-order valence-corrected chi connectivity index (χ0v) is 14.3. The van der Waals surface area contributed by atoms with Crippen molar-refractivity contribution in [3.63, 3.8) is 0 Å².